The number of para-hydroxylation sites is 1. The molecule has 0 saturated carbocycles. The molecule has 1 atom stereocenters. The van der Waals surface area contributed by atoms with Crippen molar-refractivity contribution in [2.45, 2.75) is 11.7 Å². The Morgan fingerprint density at radius 3 is 2.52 bits per heavy atom. The number of thioether (sulfide) groups is 1. The number of nitrogens with zero attached hydrogens (tertiary/aromatic N) is 3. The summed E-state index contributed by atoms with van der Waals surface area (Å²) < 4.78 is 0. The molecule has 0 spiro atoms. The standard InChI is InChI=1S/C18H15N3O5S/c22-13-7-5-12(6-8-13)21-17(26)15(9-16(24)25)27-18(21)20-19-10-11-3-1-2-4-14(11)23/h1-8,10,15,22-23H,9H2,(H,24,25)/b19-10-,20-18+/t15-/m0/s1. The van der Waals surface area contributed by atoms with Gasteiger partial charge in [0.25, 0.3) is 0 Å². The summed E-state index contributed by atoms with van der Waals surface area (Å²) in [5.41, 5.74) is 0.893. The third kappa shape index (κ3) is 4.26. The van der Waals surface area contributed by atoms with Crippen LogP contribution in [0.15, 0.2) is 58.7 Å². The Kier molecular flexibility index (Phi) is 5.41. The molecule has 2 aromatic rings. The van der Waals surface area contributed by atoms with Crippen molar-refractivity contribution in [1.82, 2.24) is 0 Å². The minimum atomic E-state index is -1.09. The fourth-order valence-electron chi connectivity index (χ4n) is 2.40. The van der Waals surface area contributed by atoms with Crippen molar-refractivity contribution in [3.63, 3.8) is 0 Å². The van der Waals surface area contributed by atoms with Gasteiger partial charge in [-0.3, -0.25) is 14.5 Å². The van der Waals surface area contributed by atoms with E-state index < -0.39 is 17.1 Å². The molecule has 27 heavy (non-hydrogen) atoms. The van der Waals surface area contributed by atoms with E-state index in [0.29, 0.717) is 11.3 Å². The normalized spacial score (nSPS) is 18.5. The number of amidine groups is 1. The Morgan fingerprint density at radius 2 is 1.85 bits per heavy atom. The summed E-state index contributed by atoms with van der Waals surface area (Å²) in [4.78, 5) is 24.9. The van der Waals surface area contributed by atoms with E-state index in [1.165, 1.54) is 41.4 Å². The summed E-state index contributed by atoms with van der Waals surface area (Å²) >= 11 is 1.00. The molecule has 8 nitrogen and oxygen atoms in total. The first kappa shape index (κ1) is 18.5. The Bertz CT molecular complexity index is 927. The smallest absolute Gasteiger partial charge is 0.305 e. The number of carbonyl (C=O) groups is 2. The molecule has 1 saturated heterocycles. The van der Waals surface area contributed by atoms with Crippen LogP contribution in [0.5, 0.6) is 11.5 Å². The predicted molar refractivity (Wildman–Crippen MR) is 102 cm³/mol. The van der Waals surface area contributed by atoms with Gasteiger partial charge in [0.1, 0.15) is 16.7 Å². The maximum absolute atomic E-state index is 12.6. The molecule has 1 amide bonds. The number of phenols is 2. The fraction of sp³-hybridized carbons (Fsp3) is 0.111. The molecule has 138 valence electrons. The van der Waals surface area contributed by atoms with E-state index in [9.17, 15) is 19.8 Å². The van der Waals surface area contributed by atoms with E-state index in [1.807, 2.05) is 0 Å². The summed E-state index contributed by atoms with van der Waals surface area (Å²) in [6.07, 6.45) is 0.993. The molecule has 2 aromatic carbocycles. The average Bonchev–Trinajstić information content (AvgIpc) is 2.92. The molecule has 0 aromatic heterocycles. The maximum atomic E-state index is 12.6. The second kappa shape index (κ2) is 7.92. The summed E-state index contributed by atoms with van der Waals surface area (Å²) in [6.45, 7) is 0. The van der Waals surface area contributed by atoms with Crippen molar-refractivity contribution >= 4 is 40.7 Å². The van der Waals surface area contributed by atoms with Gasteiger partial charge in [-0.05, 0) is 36.4 Å². The lowest BCUT2D eigenvalue weighted by atomic mass is 10.2. The van der Waals surface area contributed by atoms with Crippen molar-refractivity contribution in [2.24, 2.45) is 10.2 Å². The third-order valence-corrected chi connectivity index (χ3v) is 4.81. The number of benzene rings is 2. The second-order valence-electron chi connectivity index (χ2n) is 5.58. The largest absolute Gasteiger partial charge is 0.508 e. The van der Waals surface area contributed by atoms with Crippen molar-refractivity contribution in [1.29, 1.82) is 0 Å². The molecular formula is C18H15N3O5S. The molecule has 1 aliphatic rings. The number of amides is 1. The van der Waals surface area contributed by atoms with Crippen LogP contribution < -0.4 is 4.90 Å². The predicted octanol–water partition coefficient (Wildman–Crippen LogP) is 2.41. The van der Waals surface area contributed by atoms with E-state index in [-0.39, 0.29) is 23.1 Å². The van der Waals surface area contributed by atoms with Gasteiger partial charge in [0.05, 0.1) is 18.3 Å². The quantitative estimate of drug-likeness (QED) is 0.536. The monoisotopic (exact) mass is 385 g/mol. The Morgan fingerprint density at radius 1 is 1.15 bits per heavy atom. The summed E-state index contributed by atoms with van der Waals surface area (Å²) in [6, 6.07) is 12.4. The van der Waals surface area contributed by atoms with Crippen molar-refractivity contribution < 1.29 is 24.9 Å². The Labute approximate surface area is 158 Å². The SMILES string of the molecule is O=C(O)C[C@@H]1S/C(=N/N=C\c2ccccc2O)N(c2ccc(O)cc2)C1=O. The number of anilines is 1. The molecule has 0 bridgehead atoms. The first-order valence-corrected chi connectivity index (χ1v) is 8.74. The van der Waals surface area contributed by atoms with Gasteiger partial charge in [-0.2, -0.15) is 5.10 Å². The van der Waals surface area contributed by atoms with Gasteiger partial charge < -0.3 is 15.3 Å². The molecule has 1 fully saturated rings. The van der Waals surface area contributed by atoms with Gasteiger partial charge in [-0.1, -0.05) is 23.9 Å². The number of aliphatic carboxylic acids is 1. The maximum Gasteiger partial charge on any atom is 0.305 e. The van der Waals surface area contributed by atoms with Crippen LogP contribution in [0, 0.1) is 0 Å². The van der Waals surface area contributed by atoms with Crippen LogP contribution in [0.3, 0.4) is 0 Å². The topological polar surface area (TPSA) is 123 Å². The number of aromatic hydroxyl groups is 2. The Balaban J connectivity index is 1.91. The lowest BCUT2D eigenvalue weighted by Gasteiger charge is -2.15. The van der Waals surface area contributed by atoms with Crippen LogP contribution in [-0.4, -0.2) is 43.8 Å². The first-order chi connectivity index (χ1) is 13.0. The highest BCUT2D eigenvalue weighted by Gasteiger charge is 2.40. The molecule has 1 aliphatic heterocycles. The highest BCUT2D eigenvalue weighted by atomic mass is 32.2. The van der Waals surface area contributed by atoms with E-state index in [2.05, 4.69) is 10.2 Å². The molecule has 3 N–H and O–H groups in total. The van der Waals surface area contributed by atoms with Gasteiger partial charge in [0.15, 0.2) is 5.17 Å². The van der Waals surface area contributed by atoms with Crippen LogP contribution >= 0.6 is 11.8 Å². The molecule has 9 heteroatoms. The number of carboxylic acid groups (broad SMARTS) is 1. The van der Waals surface area contributed by atoms with E-state index in [1.54, 1.807) is 18.2 Å². The number of rotatable bonds is 5. The van der Waals surface area contributed by atoms with Gasteiger partial charge in [-0.15, -0.1) is 5.10 Å². The first-order valence-electron chi connectivity index (χ1n) is 7.86. The molecule has 0 unspecified atom stereocenters. The van der Waals surface area contributed by atoms with Gasteiger partial charge in [0, 0.05) is 5.56 Å². The van der Waals surface area contributed by atoms with Crippen molar-refractivity contribution in [3.05, 3.63) is 54.1 Å². The number of carboxylic acids is 1. The van der Waals surface area contributed by atoms with Crippen molar-refractivity contribution in [2.75, 3.05) is 4.90 Å². The van der Waals surface area contributed by atoms with Crippen LogP contribution in [0.4, 0.5) is 5.69 Å². The number of hydrogen-bond acceptors (Lipinski definition) is 7. The average molecular weight is 385 g/mol. The van der Waals surface area contributed by atoms with Crippen LogP contribution in [0.1, 0.15) is 12.0 Å². The molecular weight excluding hydrogens is 370 g/mol. The molecule has 3 rings (SSSR count). The lowest BCUT2D eigenvalue weighted by molar-refractivity contribution is -0.138. The zero-order valence-corrected chi connectivity index (χ0v) is 14.7. The second-order valence-corrected chi connectivity index (χ2v) is 6.75. The zero-order valence-electron chi connectivity index (χ0n) is 13.9. The minimum absolute atomic E-state index is 0.0377. The van der Waals surface area contributed by atoms with Gasteiger partial charge >= 0.3 is 5.97 Å². The Hall–Kier alpha value is -3.33. The van der Waals surface area contributed by atoms with E-state index >= 15 is 0 Å². The van der Waals surface area contributed by atoms with Crippen LogP contribution in [0.2, 0.25) is 0 Å². The number of phenolic OH excluding ortho intramolecular Hbond substituents is 2. The minimum Gasteiger partial charge on any atom is -0.508 e. The van der Waals surface area contributed by atoms with E-state index in [4.69, 9.17) is 5.11 Å². The summed E-state index contributed by atoms with van der Waals surface area (Å²) in [5, 5.41) is 35.5. The number of carbonyl (C=O) groups excluding carboxylic acids is 1. The molecule has 0 aliphatic carbocycles. The highest BCUT2D eigenvalue weighted by Crippen LogP contribution is 2.34. The molecule has 1 heterocycles. The van der Waals surface area contributed by atoms with E-state index in [0.717, 1.165) is 11.8 Å². The third-order valence-electron chi connectivity index (χ3n) is 3.68. The zero-order chi connectivity index (χ0) is 19.4. The lowest BCUT2D eigenvalue weighted by Crippen LogP contribution is -2.32. The molecule has 0 radical (unpaired) electrons. The van der Waals surface area contributed by atoms with Gasteiger partial charge in [-0.25, -0.2) is 0 Å². The fourth-order valence-corrected chi connectivity index (χ4v) is 3.48. The van der Waals surface area contributed by atoms with Gasteiger partial charge in [0.2, 0.25) is 5.91 Å². The summed E-state index contributed by atoms with van der Waals surface area (Å²) in [7, 11) is 0. The highest BCUT2D eigenvalue weighted by molar-refractivity contribution is 8.16. The van der Waals surface area contributed by atoms with Crippen molar-refractivity contribution in [3.8, 4) is 11.5 Å². The summed E-state index contributed by atoms with van der Waals surface area (Å²) in [5.74, 6) is -1.44. The van der Waals surface area contributed by atoms with Crippen LogP contribution in [-0.2, 0) is 9.59 Å². The van der Waals surface area contributed by atoms with Crippen LogP contribution in [0.25, 0.3) is 0 Å². The number of hydrogen-bond donors (Lipinski definition) is 3.